The zero-order valence-corrected chi connectivity index (χ0v) is 11.7. The highest BCUT2D eigenvalue weighted by Gasteiger charge is 2.19. The van der Waals surface area contributed by atoms with Gasteiger partial charge in [-0.15, -0.1) is 11.3 Å². The van der Waals surface area contributed by atoms with E-state index in [0.29, 0.717) is 0 Å². The third-order valence-electron chi connectivity index (χ3n) is 3.07. The SMILES string of the molecule is CC(NC(C)c1ccccc1[N+](=O)[O-])c1cccs1. The fraction of sp³-hybridized carbons (Fsp3) is 0.286. The van der Waals surface area contributed by atoms with Crippen LogP contribution in [0.4, 0.5) is 5.69 Å². The first-order valence-electron chi connectivity index (χ1n) is 6.12. The highest BCUT2D eigenvalue weighted by Crippen LogP contribution is 2.27. The van der Waals surface area contributed by atoms with Gasteiger partial charge in [-0.05, 0) is 25.3 Å². The number of hydrogen-bond acceptors (Lipinski definition) is 4. The Morgan fingerprint density at radius 1 is 1.16 bits per heavy atom. The van der Waals surface area contributed by atoms with Crippen LogP contribution in [0.25, 0.3) is 0 Å². The topological polar surface area (TPSA) is 55.2 Å². The predicted octanol–water partition coefficient (Wildman–Crippen LogP) is 4.07. The molecule has 0 saturated heterocycles. The zero-order valence-electron chi connectivity index (χ0n) is 10.9. The molecule has 0 aliphatic heterocycles. The van der Waals surface area contributed by atoms with Crippen LogP contribution in [0, 0.1) is 10.1 Å². The van der Waals surface area contributed by atoms with Gasteiger partial charge in [0.2, 0.25) is 0 Å². The fourth-order valence-electron chi connectivity index (χ4n) is 2.10. The largest absolute Gasteiger partial charge is 0.303 e. The normalized spacial score (nSPS) is 14.0. The van der Waals surface area contributed by atoms with E-state index in [9.17, 15) is 10.1 Å². The third-order valence-corrected chi connectivity index (χ3v) is 4.12. The fourth-order valence-corrected chi connectivity index (χ4v) is 2.85. The standard InChI is InChI=1S/C14H16N2O2S/c1-10(15-11(2)14-8-5-9-19-14)12-6-3-4-7-13(12)16(17)18/h3-11,15H,1-2H3. The monoisotopic (exact) mass is 276 g/mol. The van der Waals surface area contributed by atoms with Crippen LogP contribution in [-0.2, 0) is 0 Å². The molecule has 2 atom stereocenters. The van der Waals surface area contributed by atoms with Gasteiger partial charge in [-0.2, -0.15) is 0 Å². The zero-order chi connectivity index (χ0) is 13.8. The molecule has 1 aromatic heterocycles. The van der Waals surface area contributed by atoms with Crippen LogP contribution in [-0.4, -0.2) is 4.92 Å². The first-order valence-corrected chi connectivity index (χ1v) is 7.00. The molecule has 19 heavy (non-hydrogen) atoms. The van der Waals surface area contributed by atoms with Gasteiger partial charge in [0.05, 0.1) is 4.92 Å². The lowest BCUT2D eigenvalue weighted by atomic mass is 10.1. The van der Waals surface area contributed by atoms with Gasteiger partial charge < -0.3 is 5.32 Å². The summed E-state index contributed by atoms with van der Waals surface area (Å²) in [5.41, 5.74) is 0.886. The van der Waals surface area contributed by atoms with E-state index in [2.05, 4.69) is 18.3 Å². The lowest BCUT2D eigenvalue weighted by molar-refractivity contribution is -0.385. The van der Waals surface area contributed by atoms with Crippen molar-refractivity contribution >= 4 is 17.0 Å². The van der Waals surface area contributed by atoms with E-state index < -0.39 is 0 Å². The molecule has 100 valence electrons. The van der Waals surface area contributed by atoms with Crippen LogP contribution >= 0.6 is 11.3 Å². The van der Waals surface area contributed by atoms with Gasteiger partial charge in [-0.3, -0.25) is 10.1 Å². The number of nitro benzene ring substituents is 1. The summed E-state index contributed by atoms with van der Waals surface area (Å²) in [4.78, 5) is 11.9. The molecule has 1 heterocycles. The van der Waals surface area contributed by atoms with Gasteiger partial charge in [0, 0.05) is 28.6 Å². The van der Waals surface area contributed by atoms with Crippen molar-refractivity contribution in [1.29, 1.82) is 0 Å². The summed E-state index contributed by atoms with van der Waals surface area (Å²) in [6.07, 6.45) is 0. The molecule has 0 spiro atoms. The van der Waals surface area contributed by atoms with E-state index >= 15 is 0 Å². The molecule has 2 unspecified atom stereocenters. The molecule has 4 nitrogen and oxygen atoms in total. The summed E-state index contributed by atoms with van der Waals surface area (Å²) in [6, 6.07) is 11.0. The molecule has 2 aromatic rings. The summed E-state index contributed by atoms with van der Waals surface area (Å²) in [7, 11) is 0. The number of thiophene rings is 1. The van der Waals surface area contributed by atoms with Crippen molar-refractivity contribution in [2.24, 2.45) is 0 Å². The Balaban J connectivity index is 2.16. The minimum atomic E-state index is -0.330. The number of para-hydroxylation sites is 1. The second-order valence-corrected chi connectivity index (χ2v) is 5.42. The molecule has 1 N–H and O–H groups in total. The quantitative estimate of drug-likeness (QED) is 0.661. The maximum Gasteiger partial charge on any atom is 0.274 e. The second kappa shape index (κ2) is 5.95. The average Bonchev–Trinajstić information content (AvgIpc) is 2.92. The van der Waals surface area contributed by atoms with Gasteiger partial charge in [-0.25, -0.2) is 0 Å². The Morgan fingerprint density at radius 3 is 2.53 bits per heavy atom. The van der Waals surface area contributed by atoms with Crippen LogP contribution in [0.15, 0.2) is 41.8 Å². The van der Waals surface area contributed by atoms with Crippen molar-refractivity contribution in [1.82, 2.24) is 5.32 Å². The third kappa shape index (κ3) is 3.19. The number of hydrogen-bond donors (Lipinski definition) is 1. The molecule has 0 radical (unpaired) electrons. The van der Waals surface area contributed by atoms with Crippen molar-refractivity contribution < 1.29 is 4.92 Å². The van der Waals surface area contributed by atoms with Gasteiger partial charge in [0.15, 0.2) is 0 Å². The molecular weight excluding hydrogens is 260 g/mol. The highest BCUT2D eigenvalue weighted by atomic mass is 32.1. The molecule has 0 aliphatic rings. The van der Waals surface area contributed by atoms with Crippen LogP contribution in [0.1, 0.15) is 36.4 Å². The maximum atomic E-state index is 11.0. The van der Waals surface area contributed by atoms with E-state index in [-0.39, 0.29) is 22.7 Å². The Kier molecular flexibility index (Phi) is 4.29. The van der Waals surface area contributed by atoms with E-state index in [1.807, 2.05) is 24.4 Å². The molecular formula is C14H16N2O2S. The lowest BCUT2D eigenvalue weighted by Gasteiger charge is -2.19. The molecule has 2 rings (SSSR count). The molecule has 1 aromatic carbocycles. The lowest BCUT2D eigenvalue weighted by Crippen LogP contribution is -2.22. The van der Waals surface area contributed by atoms with Crippen molar-refractivity contribution in [3.63, 3.8) is 0 Å². The number of nitrogens with one attached hydrogen (secondary N) is 1. The first kappa shape index (κ1) is 13.7. The minimum Gasteiger partial charge on any atom is -0.303 e. The van der Waals surface area contributed by atoms with Gasteiger partial charge in [0.1, 0.15) is 0 Å². The van der Waals surface area contributed by atoms with Crippen LogP contribution < -0.4 is 5.32 Å². The number of nitrogens with zero attached hydrogens (tertiary/aromatic N) is 1. The molecule has 0 amide bonds. The Bertz CT molecular complexity index is 554. The van der Waals surface area contributed by atoms with Gasteiger partial charge in [-0.1, -0.05) is 24.3 Å². The Morgan fingerprint density at radius 2 is 1.89 bits per heavy atom. The summed E-state index contributed by atoms with van der Waals surface area (Å²) in [5.74, 6) is 0. The number of rotatable bonds is 5. The summed E-state index contributed by atoms with van der Waals surface area (Å²) >= 11 is 1.68. The smallest absolute Gasteiger partial charge is 0.274 e. The van der Waals surface area contributed by atoms with E-state index in [4.69, 9.17) is 0 Å². The van der Waals surface area contributed by atoms with Crippen LogP contribution in [0.5, 0.6) is 0 Å². The van der Waals surface area contributed by atoms with E-state index in [1.165, 1.54) is 4.88 Å². The summed E-state index contributed by atoms with van der Waals surface area (Å²) < 4.78 is 0. The van der Waals surface area contributed by atoms with Crippen molar-refractivity contribution in [2.45, 2.75) is 25.9 Å². The number of benzene rings is 1. The van der Waals surface area contributed by atoms with Gasteiger partial charge >= 0.3 is 0 Å². The van der Waals surface area contributed by atoms with Crippen LogP contribution in [0.3, 0.4) is 0 Å². The van der Waals surface area contributed by atoms with Crippen molar-refractivity contribution in [3.8, 4) is 0 Å². The average molecular weight is 276 g/mol. The van der Waals surface area contributed by atoms with E-state index in [1.54, 1.807) is 29.5 Å². The number of nitro groups is 1. The van der Waals surface area contributed by atoms with Crippen LogP contribution in [0.2, 0.25) is 0 Å². The molecule has 0 bridgehead atoms. The second-order valence-electron chi connectivity index (χ2n) is 4.44. The minimum absolute atomic E-state index is 0.0706. The molecule has 0 fully saturated rings. The van der Waals surface area contributed by atoms with E-state index in [0.717, 1.165) is 5.56 Å². The highest BCUT2D eigenvalue weighted by molar-refractivity contribution is 7.10. The Hall–Kier alpha value is -1.72. The van der Waals surface area contributed by atoms with Crippen molar-refractivity contribution in [2.75, 3.05) is 0 Å². The molecule has 0 saturated carbocycles. The summed E-state index contributed by atoms with van der Waals surface area (Å²) in [5, 5.41) is 16.5. The first-order chi connectivity index (χ1) is 9.09. The molecule has 5 heteroatoms. The van der Waals surface area contributed by atoms with Gasteiger partial charge in [0.25, 0.3) is 5.69 Å². The maximum absolute atomic E-state index is 11.0. The summed E-state index contributed by atoms with van der Waals surface area (Å²) in [6.45, 7) is 4.02. The Labute approximate surface area is 116 Å². The molecule has 0 aliphatic carbocycles. The predicted molar refractivity (Wildman–Crippen MR) is 77.4 cm³/mol. The van der Waals surface area contributed by atoms with Crippen molar-refractivity contribution in [3.05, 3.63) is 62.3 Å².